The summed E-state index contributed by atoms with van der Waals surface area (Å²) in [5.74, 6) is -0.507. The zero-order valence-corrected chi connectivity index (χ0v) is 24.4. The summed E-state index contributed by atoms with van der Waals surface area (Å²) in [4.78, 5) is 24.5. The molecule has 3 aromatic rings. The number of aryl methyl sites for hydroxylation is 1. The molecule has 0 amide bonds. The molecule has 1 aliphatic rings. The topological polar surface area (TPSA) is 116 Å². The van der Waals surface area contributed by atoms with Crippen molar-refractivity contribution in [3.8, 4) is 16.9 Å². The first kappa shape index (κ1) is 30.5. The molecule has 218 valence electrons. The van der Waals surface area contributed by atoms with Crippen LogP contribution in [0.4, 0.5) is 0 Å². The van der Waals surface area contributed by atoms with Gasteiger partial charge >= 0.3 is 5.97 Å². The van der Waals surface area contributed by atoms with Crippen molar-refractivity contribution in [3.63, 3.8) is 0 Å². The van der Waals surface area contributed by atoms with Gasteiger partial charge in [-0.05, 0) is 71.9 Å². The van der Waals surface area contributed by atoms with Gasteiger partial charge in [-0.1, -0.05) is 93.4 Å². The minimum absolute atomic E-state index is 0.0763. The number of unbranched alkanes of at least 4 members (excludes halogenated alkanes) is 1. The highest BCUT2D eigenvalue weighted by atomic mass is 16.5. The van der Waals surface area contributed by atoms with Crippen LogP contribution in [-0.2, 0) is 11.2 Å². The van der Waals surface area contributed by atoms with Crippen molar-refractivity contribution < 1.29 is 19.4 Å². The van der Waals surface area contributed by atoms with Gasteiger partial charge in [-0.2, -0.15) is 0 Å². The summed E-state index contributed by atoms with van der Waals surface area (Å²) in [6.45, 7) is 4.25. The van der Waals surface area contributed by atoms with E-state index >= 15 is 0 Å². The Labute approximate surface area is 248 Å². The number of carboxylic acid groups (broad SMARTS) is 1. The number of carbonyl (C=O) groups is 2. The van der Waals surface area contributed by atoms with Crippen LogP contribution in [0.3, 0.4) is 0 Å². The molecule has 2 unspecified atom stereocenters. The number of hydrogen-bond donors (Lipinski definition) is 3. The van der Waals surface area contributed by atoms with Crippen LogP contribution in [0.2, 0.25) is 0 Å². The van der Waals surface area contributed by atoms with Gasteiger partial charge in [-0.3, -0.25) is 4.79 Å². The number of benzene rings is 3. The van der Waals surface area contributed by atoms with Gasteiger partial charge in [0.2, 0.25) is 0 Å². The van der Waals surface area contributed by atoms with Crippen molar-refractivity contribution in [1.29, 1.82) is 0 Å². The first-order chi connectivity index (χ1) is 20.2. The lowest BCUT2D eigenvalue weighted by molar-refractivity contribution is -0.132. The Morgan fingerprint density at radius 2 is 1.57 bits per heavy atom. The molecule has 0 spiro atoms. The highest BCUT2D eigenvalue weighted by molar-refractivity contribution is 6.07. The summed E-state index contributed by atoms with van der Waals surface area (Å²) in [6, 6.07) is 23.6. The Kier molecular flexibility index (Phi) is 10.2. The molecular formula is C36H40N2O4. The minimum atomic E-state index is -1.13. The fraction of sp³-hybridized carbons (Fsp3) is 0.278. The maximum atomic E-state index is 12.8. The number of rotatable bonds is 13. The molecule has 4 rings (SSSR count). The van der Waals surface area contributed by atoms with Gasteiger partial charge in [0.05, 0.1) is 5.54 Å². The van der Waals surface area contributed by atoms with Crippen LogP contribution in [0.5, 0.6) is 5.75 Å². The largest absolute Gasteiger partial charge is 0.488 e. The average Bonchev–Trinajstić information content (AvgIpc) is 2.99. The summed E-state index contributed by atoms with van der Waals surface area (Å²) >= 11 is 0. The smallest absolute Gasteiger partial charge is 0.331 e. The van der Waals surface area contributed by atoms with E-state index < -0.39 is 17.6 Å². The number of carbonyl (C=O) groups excluding carboxylic acids is 1. The van der Waals surface area contributed by atoms with Crippen LogP contribution in [0.25, 0.3) is 17.2 Å². The summed E-state index contributed by atoms with van der Waals surface area (Å²) < 4.78 is 6.30. The lowest BCUT2D eigenvalue weighted by Crippen LogP contribution is -2.52. The van der Waals surface area contributed by atoms with Crippen molar-refractivity contribution in [2.75, 3.05) is 0 Å². The molecule has 0 heterocycles. The van der Waals surface area contributed by atoms with Crippen LogP contribution < -0.4 is 16.2 Å². The molecule has 5 N–H and O–H groups in total. The number of aliphatic carboxylic acids is 1. The maximum absolute atomic E-state index is 12.8. The Morgan fingerprint density at radius 3 is 2.17 bits per heavy atom. The predicted molar refractivity (Wildman–Crippen MR) is 169 cm³/mol. The first-order valence-corrected chi connectivity index (χ1v) is 14.6. The fourth-order valence-electron chi connectivity index (χ4n) is 5.18. The van der Waals surface area contributed by atoms with E-state index in [1.165, 1.54) is 5.56 Å². The van der Waals surface area contributed by atoms with Crippen LogP contribution in [0, 0.1) is 0 Å². The van der Waals surface area contributed by atoms with Gasteiger partial charge in [0.1, 0.15) is 11.9 Å². The molecule has 0 bridgehead atoms. The molecule has 0 saturated carbocycles. The van der Waals surface area contributed by atoms with E-state index in [4.69, 9.17) is 16.2 Å². The molecule has 0 fully saturated rings. The van der Waals surface area contributed by atoms with E-state index in [0.717, 1.165) is 42.4 Å². The highest BCUT2D eigenvalue weighted by Gasteiger charge is 2.37. The SMILES string of the molecule is CCCCC(Oc1ccc(/C=C/C(=O)c2ccc(-c3ccc(CCC)cc3)cc2)cc1)C1(N)C=C(N)CC(C(=O)O)=C1. The molecule has 1 aliphatic carbocycles. The molecule has 6 heteroatoms. The van der Waals surface area contributed by atoms with Crippen molar-refractivity contribution in [2.45, 2.75) is 64.0 Å². The highest BCUT2D eigenvalue weighted by Crippen LogP contribution is 2.30. The third-order valence-corrected chi connectivity index (χ3v) is 7.49. The van der Waals surface area contributed by atoms with E-state index in [2.05, 4.69) is 38.1 Å². The van der Waals surface area contributed by atoms with Crippen LogP contribution in [0.1, 0.15) is 67.4 Å². The number of ketones is 1. The van der Waals surface area contributed by atoms with E-state index in [1.54, 1.807) is 24.3 Å². The number of carboxylic acids is 1. The second-order valence-electron chi connectivity index (χ2n) is 10.9. The average molecular weight is 565 g/mol. The summed E-state index contributed by atoms with van der Waals surface area (Å²) in [5, 5.41) is 9.53. The van der Waals surface area contributed by atoms with E-state index in [-0.39, 0.29) is 17.8 Å². The third-order valence-electron chi connectivity index (χ3n) is 7.49. The fourth-order valence-corrected chi connectivity index (χ4v) is 5.18. The lowest BCUT2D eigenvalue weighted by atomic mass is 9.82. The molecule has 6 nitrogen and oxygen atoms in total. The van der Waals surface area contributed by atoms with Gasteiger partial charge in [0, 0.05) is 23.3 Å². The molecule has 0 saturated heterocycles. The summed E-state index contributed by atoms with van der Waals surface area (Å²) in [7, 11) is 0. The van der Waals surface area contributed by atoms with Crippen molar-refractivity contribution in [2.24, 2.45) is 11.5 Å². The van der Waals surface area contributed by atoms with Crippen LogP contribution in [-0.4, -0.2) is 28.5 Å². The zero-order chi connectivity index (χ0) is 30.1. The Morgan fingerprint density at radius 1 is 0.929 bits per heavy atom. The Bertz CT molecular complexity index is 1470. The summed E-state index contributed by atoms with van der Waals surface area (Å²) in [5.41, 5.74) is 17.2. The van der Waals surface area contributed by atoms with E-state index in [9.17, 15) is 14.7 Å². The number of allylic oxidation sites excluding steroid dienone is 2. The van der Waals surface area contributed by atoms with Crippen molar-refractivity contribution in [3.05, 3.63) is 119 Å². The zero-order valence-electron chi connectivity index (χ0n) is 24.4. The lowest BCUT2D eigenvalue weighted by Gasteiger charge is -2.36. The van der Waals surface area contributed by atoms with Gasteiger partial charge in [0.25, 0.3) is 0 Å². The number of nitrogens with two attached hydrogens (primary N) is 2. The van der Waals surface area contributed by atoms with Crippen molar-refractivity contribution >= 4 is 17.8 Å². The second kappa shape index (κ2) is 14.0. The summed E-state index contributed by atoms with van der Waals surface area (Å²) in [6.07, 6.45) is 10.9. The van der Waals surface area contributed by atoms with Gasteiger partial charge < -0.3 is 21.3 Å². The minimum Gasteiger partial charge on any atom is -0.488 e. The number of ether oxygens (including phenoxy) is 1. The maximum Gasteiger partial charge on any atom is 0.331 e. The van der Waals surface area contributed by atoms with E-state index in [0.29, 0.717) is 23.4 Å². The Balaban J connectivity index is 1.42. The van der Waals surface area contributed by atoms with Gasteiger partial charge in [-0.25, -0.2) is 4.79 Å². The predicted octanol–water partition coefficient (Wildman–Crippen LogP) is 7.09. The quantitative estimate of drug-likeness (QED) is 0.151. The molecule has 0 aliphatic heterocycles. The number of hydrogen-bond acceptors (Lipinski definition) is 5. The molecule has 42 heavy (non-hydrogen) atoms. The van der Waals surface area contributed by atoms with Crippen LogP contribution in [0.15, 0.2) is 102 Å². The second-order valence-corrected chi connectivity index (χ2v) is 10.9. The monoisotopic (exact) mass is 564 g/mol. The third kappa shape index (κ3) is 7.86. The molecule has 2 atom stereocenters. The van der Waals surface area contributed by atoms with E-state index in [1.807, 2.05) is 48.5 Å². The molecule has 0 radical (unpaired) electrons. The van der Waals surface area contributed by atoms with Gasteiger partial charge in [-0.15, -0.1) is 0 Å². The molecule has 0 aromatic heterocycles. The van der Waals surface area contributed by atoms with Crippen LogP contribution >= 0.6 is 0 Å². The molecular weight excluding hydrogens is 524 g/mol. The Hall–Kier alpha value is -4.42. The standard InChI is InChI=1S/C36H40N2O4/c1-3-5-7-34(36(38)23-30(35(40)41)22-31(37)24-36)42-32-19-10-26(11-20-32)12-21-33(39)29-17-15-28(16-18-29)27-13-8-25(6-4-2)9-14-27/h8-21,23-24,34H,3-7,22,37-38H2,1-2H3,(H,40,41)/b21-12+. The normalized spacial score (nSPS) is 17.4. The first-order valence-electron chi connectivity index (χ1n) is 14.6. The molecule has 3 aromatic carbocycles. The van der Waals surface area contributed by atoms with Gasteiger partial charge in [0.15, 0.2) is 5.78 Å². The van der Waals surface area contributed by atoms with Crippen molar-refractivity contribution in [1.82, 2.24) is 0 Å².